The molecule has 1 aromatic rings. The van der Waals surface area contributed by atoms with E-state index < -0.39 is 0 Å². The number of amides is 2. The third-order valence-electron chi connectivity index (χ3n) is 4.21. The number of nitrogens with one attached hydrogen (secondary N) is 1. The summed E-state index contributed by atoms with van der Waals surface area (Å²) in [5.74, 6) is -0.0893. The number of benzene rings is 1. The lowest BCUT2D eigenvalue weighted by molar-refractivity contribution is -0.121. The van der Waals surface area contributed by atoms with Gasteiger partial charge in [-0.2, -0.15) is 0 Å². The number of carbonyl (C=O) groups is 2. The molecule has 1 unspecified atom stereocenters. The molecule has 0 bridgehead atoms. The van der Waals surface area contributed by atoms with Crippen molar-refractivity contribution in [2.75, 3.05) is 19.6 Å². The summed E-state index contributed by atoms with van der Waals surface area (Å²) >= 11 is 6.13. The maximum atomic E-state index is 12.8. The lowest BCUT2D eigenvalue weighted by atomic mass is 10.00. The van der Waals surface area contributed by atoms with Gasteiger partial charge >= 0.3 is 0 Å². The first-order chi connectivity index (χ1) is 11.0. The van der Waals surface area contributed by atoms with E-state index in [1.807, 2.05) is 24.0 Å². The van der Waals surface area contributed by atoms with Crippen LogP contribution in [0.15, 0.2) is 18.2 Å². The van der Waals surface area contributed by atoms with Crippen LogP contribution in [-0.4, -0.2) is 42.4 Å². The first kappa shape index (κ1) is 17.8. The van der Waals surface area contributed by atoms with Crippen molar-refractivity contribution in [1.82, 2.24) is 10.2 Å². The van der Waals surface area contributed by atoms with Gasteiger partial charge in [-0.3, -0.25) is 9.59 Å². The second-order valence-electron chi connectivity index (χ2n) is 5.95. The average Bonchev–Trinajstić information content (AvgIpc) is 2.55. The molecule has 1 aliphatic heterocycles. The van der Waals surface area contributed by atoms with Crippen molar-refractivity contribution < 1.29 is 9.59 Å². The lowest BCUT2D eigenvalue weighted by Gasteiger charge is -2.36. The van der Waals surface area contributed by atoms with Crippen LogP contribution in [0, 0.1) is 6.92 Å². The Bertz CT molecular complexity index is 577. The molecule has 126 valence electrons. The first-order valence-corrected chi connectivity index (χ1v) is 8.44. The third kappa shape index (κ3) is 4.69. The minimum absolute atomic E-state index is 0.0235. The van der Waals surface area contributed by atoms with E-state index in [0.717, 1.165) is 24.8 Å². The largest absolute Gasteiger partial charge is 0.354 e. The number of rotatable bonds is 5. The molecule has 2 amide bonds. The fourth-order valence-electron chi connectivity index (χ4n) is 2.82. The maximum Gasteiger partial charge on any atom is 0.254 e. The molecule has 1 aliphatic rings. The predicted octanol–water partition coefficient (Wildman–Crippen LogP) is 2.11. The summed E-state index contributed by atoms with van der Waals surface area (Å²) in [6, 6.07) is 5.41. The molecule has 0 saturated carbocycles. The molecule has 5 nitrogen and oxygen atoms in total. The number of carbonyl (C=O) groups excluding carboxylic acids is 2. The molecule has 0 aromatic heterocycles. The summed E-state index contributed by atoms with van der Waals surface area (Å²) in [5, 5.41) is 3.47. The van der Waals surface area contributed by atoms with Gasteiger partial charge in [-0.15, -0.1) is 0 Å². The van der Waals surface area contributed by atoms with E-state index in [4.69, 9.17) is 17.3 Å². The van der Waals surface area contributed by atoms with Gasteiger partial charge in [0, 0.05) is 42.7 Å². The Labute approximate surface area is 142 Å². The van der Waals surface area contributed by atoms with Gasteiger partial charge < -0.3 is 16.0 Å². The molecule has 3 N–H and O–H groups in total. The minimum atomic E-state index is -0.0659. The summed E-state index contributed by atoms with van der Waals surface area (Å²) < 4.78 is 0. The van der Waals surface area contributed by atoms with Crippen molar-refractivity contribution in [3.05, 3.63) is 34.3 Å². The summed E-state index contributed by atoms with van der Waals surface area (Å²) in [6.45, 7) is 3.43. The van der Waals surface area contributed by atoms with Crippen molar-refractivity contribution in [1.29, 1.82) is 0 Å². The van der Waals surface area contributed by atoms with Crippen LogP contribution in [-0.2, 0) is 4.79 Å². The zero-order valence-electron chi connectivity index (χ0n) is 13.5. The molecule has 1 fully saturated rings. The number of aryl methyl sites for hydroxylation is 1. The molecule has 6 heteroatoms. The van der Waals surface area contributed by atoms with Gasteiger partial charge in [-0.25, -0.2) is 0 Å². The Kier molecular flexibility index (Phi) is 6.42. The van der Waals surface area contributed by atoms with Gasteiger partial charge in [0.1, 0.15) is 0 Å². The standard InChI is InChI=1S/C17H24ClN3O2/c1-12-5-6-13(10-15(12)18)17(23)21-9-3-2-4-14(21)11-20-16(22)7-8-19/h5-6,10,14H,2-4,7-9,11,19H2,1H3,(H,20,22). The Morgan fingerprint density at radius 2 is 2.17 bits per heavy atom. The fourth-order valence-corrected chi connectivity index (χ4v) is 3.00. The molecule has 1 aromatic carbocycles. The summed E-state index contributed by atoms with van der Waals surface area (Å²) in [6.07, 6.45) is 3.26. The molecule has 1 saturated heterocycles. The van der Waals surface area contributed by atoms with Gasteiger partial charge in [0.15, 0.2) is 0 Å². The molecule has 0 aliphatic carbocycles. The van der Waals surface area contributed by atoms with E-state index in [9.17, 15) is 9.59 Å². The summed E-state index contributed by atoms with van der Waals surface area (Å²) in [4.78, 5) is 26.2. The first-order valence-electron chi connectivity index (χ1n) is 8.07. The highest BCUT2D eigenvalue weighted by Crippen LogP contribution is 2.22. The molecule has 1 atom stereocenters. The van der Waals surface area contributed by atoms with E-state index >= 15 is 0 Å². The highest BCUT2D eigenvalue weighted by Gasteiger charge is 2.27. The SMILES string of the molecule is Cc1ccc(C(=O)N2CCCCC2CNC(=O)CCN)cc1Cl. The van der Waals surface area contributed by atoms with E-state index in [2.05, 4.69) is 5.32 Å². The fraction of sp³-hybridized carbons (Fsp3) is 0.529. The molecular weight excluding hydrogens is 314 g/mol. The highest BCUT2D eigenvalue weighted by atomic mass is 35.5. The molecule has 0 radical (unpaired) electrons. The van der Waals surface area contributed by atoms with Crippen molar-refractivity contribution in [3.63, 3.8) is 0 Å². The summed E-state index contributed by atoms with van der Waals surface area (Å²) in [5.41, 5.74) is 6.93. The van der Waals surface area contributed by atoms with Gasteiger partial charge in [0.25, 0.3) is 5.91 Å². The van der Waals surface area contributed by atoms with Crippen LogP contribution < -0.4 is 11.1 Å². The van der Waals surface area contributed by atoms with Crippen molar-refractivity contribution in [2.45, 2.75) is 38.6 Å². The highest BCUT2D eigenvalue weighted by molar-refractivity contribution is 6.31. The summed E-state index contributed by atoms with van der Waals surface area (Å²) in [7, 11) is 0. The number of halogens is 1. The van der Waals surface area contributed by atoms with Crippen molar-refractivity contribution in [3.8, 4) is 0 Å². The Morgan fingerprint density at radius 1 is 1.39 bits per heavy atom. The molecule has 0 spiro atoms. The van der Waals surface area contributed by atoms with Crippen LogP contribution in [0.4, 0.5) is 0 Å². The number of likely N-dealkylation sites (tertiary alicyclic amines) is 1. The number of hydrogen-bond acceptors (Lipinski definition) is 3. The smallest absolute Gasteiger partial charge is 0.254 e. The Hall–Kier alpha value is -1.59. The van der Waals surface area contributed by atoms with Gasteiger partial charge in [-0.05, 0) is 43.9 Å². The number of hydrogen-bond donors (Lipinski definition) is 2. The monoisotopic (exact) mass is 337 g/mol. The number of piperidine rings is 1. The van der Waals surface area contributed by atoms with E-state index in [0.29, 0.717) is 36.6 Å². The Balaban J connectivity index is 2.06. The molecule has 23 heavy (non-hydrogen) atoms. The van der Waals surface area contributed by atoms with Crippen LogP contribution in [0.25, 0.3) is 0 Å². The average molecular weight is 338 g/mol. The zero-order chi connectivity index (χ0) is 16.8. The number of nitrogens with zero attached hydrogens (tertiary/aromatic N) is 1. The zero-order valence-corrected chi connectivity index (χ0v) is 14.2. The predicted molar refractivity (Wildman–Crippen MR) is 91.5 cm³/mol. The van der Waals surface area contributed by atoms with Gasteiger partial charge in [-0.1, -0.05) is 17.7 Å². The maximum absolute atomic E-state index is 12.8. The second kappa shape index (κ2) is 8.31. The van der Waals surface area contributed by atoms with Crippen LogP contribution in [0.2, 0.25) is 5.02 Å². The van der Waals surface area contributed by atoms with Crippen molar-refractivity contribution in [2.24, 2.45) is 5.73 Å². The van der Waals surface area contributed by atoms with Crippen LogP contribution >= 0.6 is 11.6 Å². The molecule has 2 rings (SSSR count). The van der Waals surface area contributed by atoms with Gasteiger partial charge in [0.2, 0.25) is 5.91 Å². The minimum Gasteiger partial charge on any atom is -0.354 e. The van der Waals surface area contributed by atoms with Crippen LogP contribution in [0.3, 0.4) is 0 Å². The normalized spacial score (nSPS) is 17.9. The number of nitrogens with two attached hydrogens (primary N) is 1. The molecule has 1 heterocycles. The topological polar surface area (TPSA) is 75.4 Å². The second-order valence-corrected chi connectivity index (χ2v) is 6.36. The van der Waals surface area contributed by atoms with Gasteiger partial charge in [0.05, 0.1) is 0 Å². The Morgan fingerprint density at radius 3 is 2.87 bits per heavy atom. The lowest BCUT2D eigenvalue weighted by Crippen LogP contribution is -2.49. The third-order valence-corrected chi connectivity index (χ3v) is 4.62. The van der Waals surface area contributed by atoms with Crippen LogP contribution in [0.5, 0.6) is 0 Å². The quantitative estimate of drug-likeness (QED) is 0.864. The van der Waals surface area contributed by atoms with Crippen molar-refractivity contribution >= 4 is 23.4 Å². The van der Waals surface area contributed by atoms with Crippen LogP contribution in [0.1, 0.15) is 41.6 Å². The van der Waals surface area contributed by atoms with E-state index in [-0.39, 0.29) is 17.9 Å². The molecular formula is C17H24ClN3O2. The van der Waals surface area contributed by atoms with E-state index in [1.165, 1.54) is 0 Å². The van der Waals surface area contributed by atoms with E-state index in [1.54, 1.807) is 6.07 Å².